The first-order valence-electron chi connectivity index (χ1n) is 8.12. The predicted molar refractivity (Wildman–Crippen MR) is 99.0 cm³/mol. The van der Waals surface area contributed by atoms with Gasteiger partial charge in [0.2, 0.25) is 5.91 Å². The lowest BCUT2D eigenvalue weighted by atomic mass is 10.1. The van der Waals surface area contributed by atoms with E-state index in [0.29, 0.717) is 6.42 Å². The Balaban J connectivity index is 1.51. The van der Waals surface area contributed by atoms with E-state index in [9.17, 15) is 4.79 Å². The number of hydrogen-bond donors (Lipinski definition) is 1. The van der Waals surface area contributed by atoms with E-state index >= 15 is 0 Å². The van der Waals surface area contributed by atoms with Gasteiger partial charge in [0.25, 0.3) is 0 Å². The number of amides is 1. The van der Waals surface area contributed by atoms with Gasteiger partial charge < -0.3 is 10.1 Å². The monoisotopic (exact) mass is 388 g/mol. The van der Waals surface area contributed by atoms with E-state index in [1.165, 1.54) is 5.56 Å². The Bertz CT molecular complexity index is 665. The number of benzene rings is 2. The van der Waals surface area contributed by atoms with Crippen LogP contribution in [0.5, 0.6) is 0 Å². The molecule has 0 aromatic heterocycles. The van der Waals surface area contributed by atoms with Gasteiger partial charge in [0.05, 0.1) is 19.6 Å². The number of carbonyl (C=O) groups excluding carboxylic acids is 1. The van der Waals surface area contributed by atoms with Crippen LogP contribution in [-0.2, 0) is 22.5 Å². The third kappa shape index (κ3) is 5.16. The summed E-state index contributed by atoms with van der Waals surface area (Å²) in [4.78, 5) is 14.5. The Morgan fingerprint density at radius 3 is 2.29 bits per heavy atom. The normalized spacial score (nSPS) is 15.2. The summed E-state index contributed by atoms with van der Waals surface area (Å²) in [6.07, 6.45) is 0.378. The zero-order valence-electron chi connectivity index (χ0n) is 13.5. The first-order chi connectivity index (χ1) is 11.7. The standard InChI is InChI=1S/C19H21BrN2O2/c20-17-5-1-15(2-6-17)13-19(23)21-18-7-3-16(4-8-18)14-22-9-11-24-12-10-22/h1-8H,9-14H2,(H,21,23). The van der Waals surface area contributed by atoms with Crippen molar-refractivity contribution in [2.45, 2.75) is 13.0 Å². The summed E-state index contributed by atoms with van der Waals surface area (Å²) in [5.41, 5.74) is 3.09. The lowest BCUT2D eigenvalue weighted by Gasteiger charge is -2.26. The average Bonchev–Trinajstić information content (AvgIpc) is 2.60. The van der Waals surface area contributed by atoms with Gasteiger partial charge in [-0.25, -0.2) is 0 Å². The van der Waals surface area contributed by atoms with Crippen molar-refractivity contribution in [1.82, 2.24) is 4.90 Å². The number of nitrogens with zero attached hydrogens (tertiary/aromatic N) is 1. The van der Waals surface area contributed by atoms with Crippen molar-refractivity contribution in [1.29, 1.82) is 0 Å². The van der Waals surface area contributed by atoms with E-state index in [-0.39, 0.29) is 5.91 Å². The van der Waals surface area contributed by atoms with Crippen molar-refractivity contribution in [3.05, 3.63) is 64.1 Å². The number of hydrogen-bond acceptors (Lipinski definition) is 3. The van der Waals surface area contributed by atoms with Crippen LogP contribution in [0.4, 0.5) is 5.69 Å². The van der Waals surface area contributed by atoms with E-state index in [2.05, 4.69) is 38.3 Å². The first kappa shape index (κ1) is 17.1. The summed E-state index contributed by atoms with van der Waals surface area (Å²) < 4.78 is 6.38. The first-order valence-corrected chi connectivity index (χ1v) is 8.92. The molecule has 1 fully saturated rings. The minimum atomic E-state index is -0.00162. The summed E-state index contributed by atoms with van der Waals surface area (Å²) in [6.45, 7) is 4.50. The van der Waals surface area contributed by atoms with Gasteiger partial charge in [-0.15, -0.1) is 0 Å². The van der Waals surface area contributed by atoms with E-state index < -0.39 is 0 Å². The number of nitrogens with one attached hydrogen (secondary N) is 1. The molecule has 3 rings (SSSR count). The summed E-state index contributed by atoms with van der Waals surface area (Å²) in [5, 5.41) is 2.95. The molecule has 0 bridgehead atoms. The van der Waals surface area contributed by atoms with Gasteiger partial charge >= 0.3 is 0 Å². The van der Waals surface area contributed by atoms with Gasteiger partial charge in [0, 0.05) is 29.8 Å². The molecule has 0 saturated carbocycles. The second-order valence-corrected chi connectivity index (χ2v) is 6.85. The lowest BCUT2D eigenvalue weighted by molar-refractivity contribution is -0.115. The fourth-order valence-corrected chi connectivity index (χ4v) is 2.97. The summed E-state index contributed by atoms with van der Waals surface area (Å²) >= 11 is 3.40. The molecule has 2 aromatic rings. The topological polar surface area (TPSA) is 41.6 Å². The van der Waals surface area contributed by atoms with Crippen LogP contribution in [0.1, 0.15) is 11.1 Å². The van der Waals surface area contributed by atoms with Crippen molar-refractivity contribution >= 4 is 27.5 Å². The molecule has 0 unspecified atom stereocenters. The molecule has 2 aromatic carbocycles. The molecule has 1 saturated heterocycles. The number of anilines is 1. The minimum Gasteiger partial charge on any atom is -0.379 e. The summed E-state index contributed by atoms with van der Waals surface area (Å²) in [7, 11) is 0. The van der Waals surface area contributed by atoms with E-state index in [0.717, 1.165) is 48.6 Å². The second kappa shape index (κ2) is 8.42. The van der Waals surface area contributed by atoms with Crippen molar-refractivity contribution in [2.75, 3.05) is 31.6 Å². The summed E-state index contributed by atoms with van der Waals surface area (Å²) in [5.74, 6) is -0.00162. The average molecular weight is 389 g/mol. The van der Waals surface area contributed by atoms with Crippen molar-refractivity contribution in [3.8, 4) is 0 Å². The molecular formula is C19H21BrN2O2. The molecule has 1 aliphatic heterocycles. The SMILES string of the molecule is O=C(Cc1ccc(Br)cc1)Nc1ccc(CN2CCOCC2)cc1. The molecule has 0 radical (unpaired) electrons. The van der Waals surface area contributed by atoms with E-state index in [1.807, 2.05) is 36.4 Å². The van der Waals surface area contributed by atoms with Gasteiger partial charge in [0.1, 0.15) is 0 Å². The Morgan fingerprint density at radius 1 is 1.00 bits per heavy atom. The van der Waals surface area contributed by atoms with Crippen LogP contribution < -0.4 is 5.32 Å². The van der Waals surface area contributed by atoms with Crippen LogP contribution >= 0.6 is 15.9 Å². The van der Waals surface area contributed by atoms with Gasteiger partial charge in [-0.2, -0.15) is 0 Å². The molecule has 1 amide bonds. The van der Waals surface area contributed by atoms with Crippen LogP contribution in [0.3, 0.4) is 0 Å². The maximum atomic E-state index is 12.1. The minimum absolute atomic E-state index is 0.00162. The van der Waals surface area contributed by atoms with E-state index in [1.54, 1.807) is 0 Å². The maximum Gasteiger partial charge on any atom is 0.228 e. The van der Waals surface area contributed by atoms with Gasteiger partial charge in [-0.05, 0) is 35.4 Å². The van der Waals surface area contributed by atoms with Crippen LogP contribution in [-0.4, -0.2) is 37.1 Å². The fraction of sp³-hybridized carbons (Fsp3) is 0.316. The van der Waals surface area contributed by atoms with Gasteiger partial charge in [0.15, 0.2) is 0 Å². The molecule has 0 atom stereocenters. The fourth-order valence-electron chi connectivity index (χ4n) is 2.70. The highest BCUT2D eigenvalue weighted by Crippen LogP contribution is 2.14. The molecule has 0 aliphatic carbocycles. The number of carbonyl (C=O) groups is 1. The third-order valence-corrected chi connectivity index (χ3v) is 4.55. The molecule has 1 N–H and O–H groups in total. The Morgan fingerprint density at radius 2 is 1.62 bits per heavy atom. The van der Waals surface area contributed by atoms with Gasteiger partial charge in [-0.3, -0.25) is 9.69 Å². The molecule has 0 spiro atoms. The quantitative estimate of drug-likeness (QED) is 0.852. The van der Waals surface area contributed by atoms with Crippen LogP contribution in [0.15, 0.2) is 53.0 Å². The van der Waals surface area contributed by atoms with Crippen molar-refractivity contribution < 1.29 is 9.53 Å². The highest BCUT2D eigenvalue weighted by Gasteiger charge is 2.10. The highest BCUT2D eigenvalue weighted by atomic mass is 79.9. The predicted octanol–water partition coefficient (Wildman–Crippen LogP) is 3.46. The maximum absolute atomic E-state index is 12.1. The third-order valence-electron chi connectivity index (χ3n) is 4.03. The zero-order chi connectivity index (χ0) is 16.8. The largest absolute Gasteiger partial charge is 0.379 e. The van der Waals surface area contributed by atoms with Crippen LogP contribution in [0.2, 0.25) is 0 Å². The Kier molecular flexibility index (Phi) is 6.01. The molecule has 24 heavy (non-hydrogen) atoms. The number of ether oxygens (including phenoxy) is 1. The molecular weight excluding hydrogens is 368 g/mol. The van der Waals surface area contributed by atoms with E-state index in [4.69, 9.17) is 4.74 Å². The van der Waals surface area contributed by atoms with Crippen molar-refractivity contribution in [2.24, 2.45) is 0 Å². The van der Waals surface area contributed by atoms with Crippen LogP contribution in [0.25, 0.3) is 0 Å². The molecule has 1 heterocycles. The molecule has 126 valence electrons. The zero-order valence-corrected chi connectivity index (χ0v) is 15.1. The molecule has 5 heteroatoms. The van der Waals surface area contributed by atoms with Crippen molar-refractivity contribution in [3.63, 3.8) is 0 Å². The van der Waals surface area contributed by atoms with Gasteiger partial charge in [-0.1, -0.05) is 40.2 Å². The number of morpholine rings is 1. The molecule has 1 aliphatic rings. The number of halogens is 1. The van der Waals surface area contributed by atoms with Crippen LogP contribution in [0, 0.1) is 0 Å². The Hall–Kier alpha value is -1.69. The smallest absolute Gasteiger partial charge is 0.228 e. The molecule has 4 nitrogen and oxygen atoms in total. The summed E-state index contributed by atoms with van der Waals surface area (Å²) in [6, 6.07) is 15.9. The second-order valence-electron chi connectivity index (χ2n) is 5.94. The highest BCUT2D eigenvalue weighted by molar-refractivity contribution is 9.10. The lowest BCUT2D eigenvalue weighted by Crippen LogP contribution is -2.35. The Labute approximate surface area is 150 Å². The number of rotatable bonds is 5.